The molecule has 240 valence electrons. The fraction of sp³-hybridized carbons (Fsp3) is 0.364. The standard InChI is InChI=1S/C33H43N7O4S/c1-22(36-32(43)44-33(2,3)4)25-14-10-13-24(19-25)21-28(41)37-27(35)18-17-26(34)15-8-9-16-30-39-40-31(45-30)38-29(42)20-23-11-6-5-7-12-23/h5-7,10-14,17-19,22H,8-9,15-16,20-21,34-35H2,1-4H3,(H,36,43)(H,37,41)(H,38,40,42)/b26-17-,27-18+. The first-order valence-electron chi connectivity index (χ1n) is 14.8. The maximum atomic E-state index is 12.6. The molecular formula is C33H43N7O4S. The predicted octanol–water partition coefficient (Wildman–Crippen LogP) is 5.02. The first kappa shape index (κ1) is 34.8. The van der Waals surface area contributed by atoms with Crippen LogP contribution in [0.1, 0.15) is 74.7 Å². The van der Waals surface area contributed by atoms with Crippen molar-refractivity contribution in [3.05, 3.63) is 100.0 Å². The van der Waals surface area contributed by atoms with Crippen LogP contribution in [0.5, 0.6) is 0 Å². The lowest BCUT2D eigenvalue weighted by molar-refractivity contribution is -0.119. The third-order valence-electron chi connectivity index (χ3n) is 6.34. The molecule has 0 aliphatic heterocycles. The maximum absolute atomic E-state index is 12.6. The summed E-state index contributed by atoms with van der Waals surface area (Å²) in [5, 5.41) is 17.9. The molecule has 3 rings (SSSR count). The van der Waals surface area contributed by atoms with Gasteiger partial charge in [-0.2, -0.15) is 0 Å². The Morgan fingerprint density at radius 1 is 0.933 bits per heavy atom. The number of benzene rings is 2. The van der Waals surface area contributed by atoms with Gasteiger partial charge >= 0.3 is 6.09 Å². The number of aryl methyl sites for hydroxylation is 1. The van der Waals surface area contributed by atoms with Crippen molar-refractivity contribution in [3.63, 3.8) is 0 Å². The van der Waals surface area contributed by atoms with E-state index in [0.29, 0.717) is 17.2 Å². The van der Waals surface area contributed by atoms with E-state index in [0.717, 1.165) is 41.0 Å². The second-order valence-corrected chi connectivity index (χ2v) is 12.7. The Balaban J connectivity index is 1.37. The predicted molar refractivity (Wildman–Crippen MR) is 177 cm³/mol. The molecule has 1 aromatic heterocycles. The number of hydrogen-bond acceptors (Lipinski definition) is 9. The topological polar surface area (TPSA) is 174 Å². The number of allylic oxidation sites excluding steroid dienone is 3. The van der Waals surface area contributed by atoms with Crippen molar-refractivity contribution in [2.75, 3.05) is 5.32 Å². The summed E-state index contributed by atoms with van der Waals surface area (Å²) in [6, 6.07) is 16.6. The number of hydrogen-bond donors (Lipinski definition) is 5. The van der Waals surface area contributed by atoms with Gasteiger partial charge in [0.05, 0.1) is 18.9 Å². The minimum atomic E-state index is -0.590. The van der Waals surface area contributed by atoms with Crippen LogP contribution in [-0.4, -0.2) is 33.7 Å². The number of anilines is 1. The Morgan fingerprint density at radius 2 is 1.64 bits per heavy atom. The number of amides is 3. The summed E-state index contributed by atoms with van der Waals surface area (Å²) in [4.78, 5) is 36.9. The molecule has 11 nitrogen and oxygen atoms in total. The molecule has 7 N–H and O–H groups in total. The first-order chi connectivity index (χ1) is 21.4. The summed E-state index contributed by atoms with van der Waals surface area (Å²) in [6.07, 6.45) is 6.22. The van der Waals surface area contributed by atoms with Gasteiger partial charge in [0.2, 0.25) is 16.9 Å². The highest BCUT2D eigenvalue weighted by atomic mass is 32.1. The summed E-state index contributed by atoms with van der Waals surface area (Å²) in [7, 11) is 0. The Labute approximate surface area is 268 Å². The number of nitrogens with two attached hydrogens (primary N) is 2. The maximum Gasteiger partial charge on any atom is 0.408 e. The fourth-order valence-electron chi connectivity index (χ4n) is 4.21. The van der Waals surface area contributed by atoms with E-state index in [9.17, 15) is 14.4 Å². The molecule has 0 spiro atoms. The number of alkyl carbamates (subject to hydrolysis) is 1. The lowest BCUT2D eigenvalue weighted by Crippen LogP contribution is -2.34. The van der Waals surface area contributed by atoms with E-state index < -0.39 is 11.7 Å². The van der Waals surface area contributed by atoms with Gasteiger partial charge in [-0.05, 0) is 75.8 Å². The average Bonchev–Trinajstić information content (AvgIpc) is 3.40. The van der Waals surface area contributed by atoms with Gasteiger partial charge in [0.15, 0.2) is 0 Å². The van der Waals surface area contributed by atoms with E-state index in [1.165, 1.54) is 11.3 Å². The Hall–Kier alpha value is -4.71. The van der Waals surface area contributed by atoms with Gasteiger partial charge < -0.3 is 32.2 Å². The van der Waals surface area contributed by atoms with Gasteiger partial charge in [-0.15, -0.1) is 10.2 Å². The zero-order valence-corrected chi connectivity index (χ0v) is 27.1. The molecule has 0 saturated carbocycles. The quantitative estimate of drug-likeness (QED) is 0.122. The number of unbranched alkanes of at least 4 members (excludes halogenated alkanes) is 1. The van der Waals surface area contributed by atoms with Crippen LogP contribution in [0.15, 0.2) is 78.3 Å². The first-order valence-corrected chi connectivity index (χ1v) is 15.6. The number of ether oxygens (including phenoxy) is 1. The Bertz CT molecular complexity index is 1500. The summed E-state index contributed by atoms with van der Waals surface area (Å²) >= 11 is 1.37. The van der Waals surface area contributed by atoms with Crippen LogP contribution in [0.4, 0.5) is 9.93 Å². The third-order valence-corrected chi connectivity index (χ3v) is 7.23. The Morgan fingerprint density at radius 3 is 2.38 bits per heavy atom. The van der Waals surface area contributed by atoms with E-state index in [1.807, 2.05) is 61.5 Å². The molecule has 0 saturated heterocycles. The van der Waals surface area contributed by atoms with Gasteiger partial charge in [-0.3, -0.25) is 9.59 Å². The van der Waals surface area contributed by atoms with Crippen molar-refractivity contribution < 1.29 is 19.1 Å². The number of rotatable bonds is 14. The number of carbonyl (C=O) groups is 3. The molecule has 1 heterocycles. The van der Waals surface area contributed by atoms with Crippen LogP contribution in [0.25, 0.3) is 0 Å². The fourth-order valence-corrected chi connectivity index (χ4v) is 5.01. The molecule has 0 bridgehead atoms. The van der Waals surface area contributed by atoms with E-state index in [1.54, 1.807) is 32.9 Å². The minimum Gasteiger partial charge on any atom is -0.444 e. The van der Waals surface area contributed by atoms with Crippen molar-refractivity contribution in [1.82, 2.24) is 20.8 Å². The van der Waals surface area contributed by atoms with Crippen LogP contribution >= 0.6 is 11.3 Å². The molecule has 12 heteroatoms. The molecule has 0 aliphatic rings. The monoisotopic (exact) mass is 633 g/mol. The van der Waals surface area contributed by atoms with Crippen molar-refractivity contribution in [2.45, 2.75) is 77.9 Å². The van der Waals surface area contributed by atoms with E-state index >= 15 is 0 Å². The van der Waals surface area contributed by atoms with Crippen LogP contribution < -0.4 is 27.4 Å². The van der Waals surface area contributed by atoms with E-state index in [4.69, 9.17) is 16.2 Å². The summed E-state index contributed by atoms with van der Waals surface area (Å²) in [5.74, 6) is -0.207. The summed E-state index contributed by atoms with van der Waals surface area (Å²) in [6.45, 7) is 7.26. The lowest BCUT2D eigenvalue weighted by Gasteiger charge is -2.22. The van der Waals surface area contributed by atoms with Crippen molar-refractivity contribution in [1.29, 1.82) is 0 Å². The number of nitrogens with one attached hydrogen (secondary N) is 3. The minimum absolute atomic E-state index is 0.116. The third kappa shape index (κ3) is 13.6. The molecule has 2 aromatic carbocycles. The average molecular weight is 634 g/mol. The highest BCUT2D eigenvalue weighted by Crippen LogP contribution is 2.19. The number of carbonyl (C=O) groups excluding carboxylic acids is 3. The highest BCUT2D eigenvalue weighted by Gasteiger charge is 2.18. The molecule has 1 atom stereocenters. The van der Waals surface area contributed by atoms with E-state index in [2.05, 4.69) is 26.1 Å². The van der Waals surface area contributed by atoms with Crippen LogP contribution in [0.3, 0.4) is 0 Å². The molecule has 1 unspecified atom stereocenters. The molecule has 0 fully saturated rings. The van der Waals surface area contributed by atoms with E-state index in [-0.39, 0.29) is 36.5 Å². The van der Waals surface area contributed by atoms with Crippen LogP contribution in [0, 0.1) is 0 Å². The summed E-state index contributed by atoms with van der Waals surface area (Å²) in [5.41, 5.74) is 14.7. The molecular weight excluding hydrogens is 590 g/mol. The van der Waals surface area contributed by atoms with Gasteiger partial charge in [-0.1, -0.05) is 65.9 Å². The second kappa shape index (κ2) is 17.0. The number of nitrogens with zero attached hydrogens (tertiary/aromatic N) is 2. The molecule has 0 aliphatic carbocycles. The Kier molecular flexibility index (Phi) is 13.1. The SMILES string of the molecule is CC(NC(=O)OC(C)(C)C)c1cccc(CC(=O)N/C(N)=C/C=C(\N)CCCCc2nnc(NC(=O)Cc3ccccc3)s2)c1. The smallest absolute Gasteiger partial charge is 0.408 e. The van der Waals surface area contributed by atoms with Crippen molar-refractivity contribution in [3.8, 4) is 0 Å². The highest BCUT2D eigenvalue weighted by molar-refractivity contribution is 7.15. The van der Waals surface area contributed by atoms with Gasteiger partial charge in [0.25, 0.3) is 0 Å². The molecule has 0 radical (unpaired) electrons. The zero-order valence-electron chi connectivity index (χ0n) is 26.3. The van der Waals surface area contributed by atoms with Crippen molar-refractivity contribution in [2.24, 2.45) is 11.5 Å². The van der Waals surface area contributed by atoms with Crippen molar-refractivity contribution >= 4 is 34.4 Å². The van der Waals surface area contributed by atoms with Crippen LogP contribution in [-0.2, 0) is 33.6 Å². The summed E-state index contributed by atoms with van der Waals surface area (Å²) < 4.78 is 5.32. The lowest BCUT2D eigenvalue weighted by atomic mass is 10.0. The largest absolute Gasteiger partial charge is 0.444 e. The van der Waals surface area contributed by atoms with Gasteiger partial charge in [0.1, 0.15) is 16.4 Å². The second-order valence-electron chi connectivity index (χ2n) is 11.6. The van der Waals surface area contributed by atoms with Gasteiger partial charge in [-0.25, -0.2) is 4.79 Å². The molecule has 3 aromatic rings. The van der Waals surface area contributed by atoms with Crippen LogP contribution in [0.2, 0.25) is 0 Å². The molecule has 45 heavy (non-hydrogen) atoms. The molecule has 3 amide bonds. The van der Waals surface area contributed by atoms with Gasteiger partial charge in [0, 0.05) is 12.1 Å². The zero-order chi connectivity index (χ0) is 32.8. The normalized spacial score (nSPS) is 12.7. The number of aromatic nitrogens is 2.